The highest BCUT2D eigenvalue weighted by atomic mass is 32.1. The van der Waals surface area contributed by atoms with Gasteiger partial charge in [0.15, 0.2) is 11.6 Å². The molecule has 0 aliphatic carbocycles. The molecule has 8 heteroatoms. The van der Waals surface area contributed by atoms with Crippen molar-refractivity contribution in [2.75, 3.05) is 6.54 Å². The molecule has 0 saturated heterocycles. The van der Waals surface area contributed by atoms with Crippen molar-refractivity contribution in [1.82, 2.24) is 24.6 Å². The Labute approximate surface area is 202 Å². The number of carbonyl (C=O) groups excluding carboxylic acids is 1. The van der Waals surface area contributed by atoms with Gasteiger partial charge in [0.2, 0.25) is 5.91 Å². The van der Waals surface area contributed by atoms with Crippen LogP contribution in [0, 0.1) is 19.7 Å². The Hall–Kier alpha value is -3.39. The molecule has 1 atom stereocenters. The van der Waals surface area contributed by atoms with Crippen LogP contribution in [0.2, 0.25) is 0 Å². The molecule has 3 heterocycles. The minimum Gasteiger partial charge on any atom is -0.338 e. The number of thiazole rings is 1. The van der Waals surface area contributed by atoms with Crippen molar-refractivity contribution in [2.45, 2.75) is 46.2 Å². The maximum Gasteiger partial charge on any atom is 0.244 e. The molecule has 5 rings (SSSR count). The smallest absolute Gasteiger partial charge is 0.244 e. The fraction of sp³-hybridized carbons (Fsp3) is 0.308. The van der Waals surface area contributed by atoms with E-state index in [1.54, 1.807) is 35.1 Å². The highest BCUT2D eigenvalue weighted by molar-refractivity contribution is 7.11. The number of hydrogen-bond acceptors (Lipinski definition) is 5. The van der Waals surface area contributed by atoms with Crippen LogP contribution in [0.4, 0.5) is 4.39 Å². The third kappa shape index (κ3) is 4.37. The first-order valence-corrected chi connectivity index (χ1v) is 12.2. The first kappa shape index (κ1) is 22.4. The van der Waals surface area contributed by atoms with Crippen LogP contribution in [0.1, 0.15) is 28.1 Å². The number of fused-ring (bicyclic) bond motifs is 1. The van der Waals surface area contributed by atoms with Crippen LogP contribution < -0.4 is 0 Å². The van der Waals surface area contributed by atoms with Crippen LogP contribution in [0.5, 0.6) is 0 Å². The number of halogens is 1. The number of amides is 1. The van der Waals surface area contributed by atoms with Gasteiger partial charge < -0.3 is 4.90 Å². The first-order valence-electron chi connectivity index (χ1n) is 11.4. The lowest BCUT2D eigenvalue weighted by molar-refractivity contribution is -0.133. The average molecular weight is 476 g/mol. The van der Waals surface area contributed by atoms with Gasteiger partial charge in [-0.3, -0.25) is 4.79 Å². The summed E-state index contributed by atoms with van der Waals surface area (Å²) >= 11 is 1.72. The molecule has 0 saturated carbocycles. The van der Waals surface area contributed by atoms with E-state index in [0.29, 0.717) is 23.8 Å². The lowest BCUT2D eigenvalue weighted by atomic mass is 10.1. The topological polar surface area (TPSA) is 63.9 Å². The number of hydrogen-bond donors (Lipinski definition) is 0. The van der Waals surface area contributed by atoms with Crippen molar-refractivity contribution >= 4 is 17.2 Å². The van der Waals surface area contributed by atoms with Gasteiger partial charge >= 0.3 is 0 Å². The third-order valence-corrected chi connectivity index (χ3v) is 7.25. The van der Waals surface area contributed by atoms with Gasteiger partial charge in [0.05, 0.1) is 10.7 Å². The molecule has 0 fully saturated rings. The molecule has 1 aliphatic rings. The minimum absolute atomic E-state index is 0.00305. The van der Waals surface area contributed by atoms with E-state index in [4.69, 9.17) is 4.98 Å². The monoisotopic (exact) mass is 475 g/mol. The fourth-order valence-electron chi connectivity index (χ4n) is 4.44. The molecule has 34 heavy (non-hydrogen) atoms. The van der Waals surface area contributed by atoms with Crippen LogP contribution in [-0.4, -0.2) is 43.1 Å². The summed E-state index contributed by atoms with van der Waals surface area (Å²) in [6.07, 6.45) is 1.58. The molecule has 0 bridgehead atoms. The molecule has 0 radical (unpaired) electrons. The zero-order valence-corrected chi connectivity index (χ0v) is 20.3. The van der Waals surface area contributed by atoms with Crippen molar-refractivity contribution in [3.05, 3.63) is 75.5 Å². The predicted octanol–water partition coefficient (Wildman–Crippen LogP) is 4.84. The third-order valence-electron chi connectivity index (χ3n) is 6.21. The molecule has 1 amide bonds. The Morgan fingerprint density at radius 2 is 1.91 bits per heavy atom. The Bertz CT molecular complexity index is 1350. The summed E-state index contributed by atoms with van der Waals surface area (Å²) in [6, 6.07) is 14.6. The first-order chi connectivity index (χ1) is 16.4. The zero-order chi connectivity index (χ0) is 23.8. The Morgan fingerprint density at radius 1 is 1.12 bits per heavy atom. The van der Waals surface area contributed by atoms with Crippen molar-refractivity contribution in [3.8, 4) is 22.8 Å². The summed E-state index contributed by atoms with van der Waals surface area (Å²) in [6.45, 7) is 6.56. The van der Waals surface area contributed by atoms with Gasteiger partial charge in [0.1, 0.15) is 12.4 Å². The lowest BCUT2D eigenvalue weighted by Crippen LogP contribution is -2.41. The van der Waals surface area contributed by atoms with Crippen molar-refractivity contribution in [2.24, 2.45) is 0 Å². The number of aromatic nitrogens is 4. The number of aryl methyl sites for hydroxylation is 2. The highest BCUT2D eigenvalue weighted by Gasteiger charge is 2.28. The molecular weight excluding hydrogens is 449 g/mol. The number of carbonyl (C=O) groups is 1. The molecule has 1 aliphatic heterocycles. The van der Waals surface area contributed by atoms with Gasteiger partial charge in [0, 0.05) is 41.4 Å². The van der Waals surface area contributed by atoms with Crippen LogP contribution in [0.25, 0.3) is 22.8 Å². The van der Waals surface area contributed by atoms with E-state index in [1.807, 2.05) is 42.2 Å². The predicted molar refractivity (Wildman–Crippen MR) is 131 cm³/mol. The second-order valence-corrected chi connectivity index (χ2v) is 10.0. The molecular formula is C26H26FN5OS. The molecule has 0 N–H and O–H groups in total. The summed E-state index contributed by atoms with van der Waals surface area (Å²) in [5.41, 5.74) is 3.24. The number of rotatable bonds is 4. The Morgan fingerprint density at radius 3 is 2.68 bits per heavy atom. The molecule has 4 aromatic rings. The maximum atomic E-state index is 13.8. The van der Waals surface area contributed by atoms with Crippen molar-refractivity contribution < 1.29 is 9.18 Å². The van der Waals surface area contributed by atoms with Gasteiger partial charge in [-0.2, -0.15) is 0 Å². The molecule has 6 nitrogen and oxygen atoms in total. The SMILES string of the molecule is Cc1nc2c(s1)CC(C)N(C(=O)Cn1nc(-c3ccc(F)c(C)c3)nc1-c1ccccc1)CC2. The van der Waals surface area contributed by atoms with Gasteiger partial charge in [-0.15, -0.1) is 16.4 Å². The van der Waals surface area contributed by atoms with Crippen LogP contribution in [0.3, 0.4) is 0 Å². The Kier molecular flexibility index (Phi) is 6.00. The van der Waals surface area contributed by atoms with E-state index >= 15 is 0 Å². The molecule has 2 aromatic heterocycles. The highest BCUT2D eigenvalue weighted by Crippen LogP contribution is 2.27. The molecule has 0 spiro atoms. The Balaban J connectivity index is 1.45. The van der Waals surface area contributed by atoms with Crippen molar-refractivity contribution in [1.29, 1.82) is 0 Å². The van der Waals surface area contributed by atoms with E-state index in [-0.39, 0.29) is 24.3 Å². The standard InChI is InChI=1S/C26H26FN5OS/c1-16-13-20(9-10-21(16)27)25-29-26(19-7-5-4-6-8-19)32(30-25)15-24(33)31-12-11-22-23(14-17(31)2)34-18(3)28-22/h4-10,13,17H,11-12,14-15H2,1-3H3. The quantitative estimate of drug-likeness (QED) is 0.424. The lowest BCUT2D eigenvalue weighted by Gasteiger charge is -2.27. The van der Waals surface area contributed by atoms with Crippen LogP contribution >= 0.6 is 11.3 Å². The van der Waals surface area contributed by atoms with Crippen molar-refractivity contribution in [3.63, 3.8) is 0 Å². The maximum absolute atomic E-state index is 13.8. The zero-order valence-electron chi connectivity index (χ0n) is 19.5. The summed E-state index contributed by atoms with van der Waals surface area (Å²) in [4.78, 5) is 26.1. The second-order valence-electron chi connectivity index (χ2n) is 8.74. The largest absolute Gasteiger partial charge is 0.338 e. The van der Waals surface area contributed by atoms with Gasteiger partial charge in [-0.1, -0.05) is 30.3 Å². The number of nitrogens with zero attached hydrogens (tertiary/aromatic N) is 5. The normalized spacial score (nSPS) is 15.8. The van der Waals surface area contributed by atoms with Crippen LogP contribution in [-0.2, 0) is 24.2 Å². The van der Waals surface area contributed by atoms with E-state index in [9.17, 15) is 9.18 Å². The van der Waals surface area contributed by atoms with Gasteiger partial charge in [-0.05, 0) is 44.5 Å². The molecule has 1 unspecified atom stereocenters. The second kappa shape index (κ2) is 9.10. The molecule has 174 valence electrons. The summed E-state index contributed by atoms with van der Waals surface area (Å²) in [5.74, 6) is 0.823. The summed E-state index contributed by atoms with van der Waals surface area (Å²) in [7, 11) is 0. The number of benzene rings is 2. The van der Waals surface area contributed by atoms with E-state index in [2.05, 4.69) is 17.0 Å². The van der Waals surface area contributed by atoms with Gasteiger partial charge in [-0.25, -0.2) is 19.0 Å². The summed E-state index contributed by atoms with van der Waals surface area (Å²) < 4.78 is 15.5. The van der Waals surface area contributed by atoms with E-state index in [1.165, 1.54) is 10.9 Å². The summed E-state index contributed by atoms with van der Waals surface area (Å²) in [5, 5.41) is 5.76. The van der Waals surface area contributed by atoms with E-state index in [0.717, 1.165) is 34.7 Å². The fourth-order valence-corrected chi connectivity index (χ4v) is 5.54. The average Bonchev–Trinajstić information content (AvgIpc) is 3.35. The molecule has 2 aromatic carbocycles. The van der Waals surface area contributed by atoms with Gasteiger partial charge in [0.25, 0.3) is 0 Å². The van der Waals surface area contributed by atoms with Crippen LogP contribution in [0.15, 0.2) is 48.5 Å². The van der Waals surface area contributed by atoms with E-state index < -0.39 is 0 Å². The minimum atomic E-state index is -0.269.